The fourth-order valence-corrected chi connectivity index (χ4v) is 3.67. The van der Waals surface area contributed by atoms with Gasteiger partial charge in [0, 0.05) is 0 Å². The van der Waals surface area contributed by atoms with Crippen LogP contribution in [0, 0.1) is 22.7 Å². The van der Waals surface area contributed by atoms with E-state index in [4.69, 9.17) is 11.6 Å². The molecule has 1 aliphatic carbocycles. The van der Waals surface area contributed by atoms with Crippen LogP contribution in [0.5, 0.6) is 0 Å². The molecule has 0 bridgehead atoms. The number of aliphatic hydroxyl groups is 1. The summed E-state index contributed by atoms with van der Waals surface area (Å²) in [5.41, 5.74) is -0.682. The van der Waals surface area contributed by atoms with Crippen molar-refractivity contribution in [3.05, 3.63) is 15.5 Å². The second-order valence-electron chi connectivity index (χ2n) is 4.87. The molecule has 1 aromatic heterocycles. The van der Waals surface area contributed by atoms with Crippen LogP contribution in [0.4, 0.5) is 0 Å². The third-order valence-electron chi connectivity index (χ3n) is 3.51. The number of aliphatic hydroxyl groups excluding tert-OH is 1. The number of hydrogen-bond donors (Lipinski definition) is 1. The highest BCUT2D eigenvalue weighted by molar-refractivity contribution is 7.15. The van der Waals surface area contributed by atoms with Crippen molar-refractivity contribution in [3.8, 4) is 6.07 Å². The van der Waals surface area contributed by atoms with E-state index in [1.165, 1.54) is 17.5 Å². The molecule has 0 amide bonds. The number of thiazole rings is 1. The lowest BCUT2D eigenvalue weighted by Crippen LogP contribution is -2.32. The lowest BCUT2D eigenvalue weighted by Gasteiger charge is -2.37. The van der Waals surface area contributed by atoms with Gasteiger partial charge in [0.15, 0.2) is 0 Å². The highest BCUT2D eigenvalue weighted by Crippen LogP contribution is 2.48. The standard InChI is InChI=1S/C12H15ClN2OS/c1-8-3-2-4-12(5-8,7-14)10(16)11-15-6-9(13)17-11/h6,8,10,16H,2-5H2,1H3. The Bertz CT molecular complexity index is 442. The highest BCUT2D eigenvalue weighted by atomic mass is 35.5. The van der Waals surface area contributed by atoms with Gasteiger partial charge in [-0.2, -0.15) is 5.26 Å². The predicted octanol–water partition coefficient (Wildman–Crippen LogP) is 3.55. The molecule has 3 nitrogen and oxygen atoms in total. The summed E-state index contributed by atoms with van der Waals surface area (Å²) in [7, 11) is 0. The Morgan fingerprint density at radius 1 is 1.76 bits per heavy atom. The molecule has 5 heteroatoms. The average molecular weight is 271 g/mol. The molecule has 0 aromatic carbocycles. The molecule has 1 heterocycles. The summed E-state index contributed by atoms with van der Waals surface area (Å²) in [4.78, 5) is 4.09. The van der Waals surface area contributed by atoms with Crippen molar-refractivity contribution < 1.29 is 5.11 Å². The number of aromatic nitrogens is 1. The van der Waals surface area contributed by atoms with Crippen molar-refractivity contribution in [3.63, 3.8) is 0 Å². The minimum atomic E-state index is -0.812. The zero-order valence-electron chi connectivity index (χ0n) is 9.69. The molecule has 92 valence electrons. The molecular weight excluding hydrogens is 256 g/mol. The molecule has 0 spiro atoms. The number of halogens is 1. The first-order valence-corrected chi connectivity index (χ1v) is 6.97. The molecule has 3 atom stereocenters. The quantitative estimate of drug-likeness (QED) is 0.894. The van der Waals surface area contributed by atoms with Gasteiger partial charge >= 0.3 is 0 Å². The van der Waals surface area contributed by atoms with Crippen LogP contribution in [0.1, 0.15) is 43.7 Å². The molecule has 1 fully saturated rings. The van der Waals surface area contributed by atoms with E-state index in [9.17, 15) is 10.4 Å². The van der Waals surface area contributed by atoms with Gasteiger partial charge in [-0.3, -0.25) is 0 Å². The van der Waals surface area contributed by atoms with Crippen molar-refractivity contribution in [1.29, 1.82) is 5.26 Å². The summed E-state index contributed by atoms with van der Waals surface area (Å²) < 4.78 is 0.552. The molecule has 0 saturated heterocycles. The third-order valence-corrected chi connectivity index (χ3v) is 4.68. The Labute approximate surface area is 110 Å². The minimum absolute atomic E-state index is 0.480. The Kier molecular flexibility index (Phi) is 3.72. The fraction of sp³-hybridized carbons (Fsp3) is 0.667. The van der Waals surface area contributed by atoms with Crippen molar-refractivity contribution in [2.75, 3.05) is 0 Å². The van der Waals surface area contributed by atoms with E-state index in [1.807, 2.05) is 0 Å². The summed E-state index contributed by atoms with van der Waals surface area (Å²) in [6.45, 7) is 2.13. The highest BCUT2D eigenvalue weighted by Gasteiger charge is 2.43. The number of rotatable bonds is 2. The monoisotopic (exact) mass is 270 g/mol. The average Bonchev–Trinajstić information content (AvgIpc) is 2.74. The van der Waals surface area contributed by atoms with Crippen LogP contribution in [0.15, 0.2) is 6.20 Å². The van der Waals surface area contributed by atoms with E-state index in [0.717, 1.165) is 25.7 Å². The van der Waals surface area contributed by atoms with Crippen LogP contribution in [0.3, 0.4) is 0 Å². The molecule has 17 heavy (non-hydrogen) atoms. The topological polar surface area (TPSA) is 56.9 Å². The Hall–Kier alpha value is -0.630. The summed E-state index contributed by atoms with van der Waals surface area (Å²) >= 11 is 7.08. The molecule has 2 rings (SSSR count). The van der Waals surface area contributed by atoms with Gasteiger partial charge in [-0.25, -0.2) is 4.98 Å². The smallest absolute Gasteiger partial charge is 0.124 e. The number of nitrogens with zero attached hydrogens (tertiary/aromatic N) is 2. The Morgan fingerprint density at radius 2 is 2.53 bits per heavy atom. The van der Waals surface area contributed by atoms with E-state index in [2.05, 4.69) is 18.0 Å². The largest absolute Gasteiger partial charge is 0.384 e. The van der Waals surface area contributed by atoms with Crippen molar-refractivity contribution in [2.24, 2.45) is 11.3 Å². The van der Waals surface area contributed by atoms with E-state index in [0.29, 0.717) is 15.3 Å². The molecule has 1 N–H and O–H groups in total. The van der Waals surface area contributed by atoms with E-state index in [1.54, 1.807) is 0 Å². The van der Waals surface area contributed by atoms with Crippen LogP contribution in [0.2, 0.25) is 4.34 Å². The third kappa shape index (κ3) is 2.47. The zero-order chi connectivity index (χ0) is 12.5. The van der Waals surface area contributed by atoms with E-state index >= 15 is 0 Å². The van der Waals surface area contributed by atoms with Gasteiger partial charge in [0.2, 0.25) is 0 Å². The van der Waals surface area contributed by atoms with Crippen LogP contribution in [0.25, 0.3) is 0 Å². The number of nitriles is 1. The van der Waals surface area contributed by atoms with Crippen molar-refractivity contribution >= 4 is 22.9 Å². The first kappa shape index (κ1) is 12.8. The Morgan fingerprint density at radius 3 is 3.06 bits per heavy atom. The van der Waals surface area contributed by atoms with Crippen LogP contribution in [-0.2, 0) is 0 Å². The summed E-state index contributed by atoms with van der Waals surface area (Å²) in [6.07, 6.45) is 4.32. The zero-order valence-corrected chi connectivity index (χ0v) is 11.3. The first-order chi connectivity index (χ1) is 8.07. The van der Waals surface area contributed by atoms with Gasteiger partial charge < -0.3 is 5.11 Å². The van der Waals surface area contributed by atoms with Gasteiger partial charge in [-0.1, -0.05) is 31.4 Å². The SMILES string of the molecule is CC1CCCC(C#N)(C(O)c2ncc(Cl)s2)C1. The van der Waals surface area contributed by atoms with Crippen molar-refractivity contribution in [1.82, 2.24) is 4.98 Å². The molecular formula is C12H15ClN2OS. The van der Waals surface area contributed by atoms with E-state index in [-0.39, 0.29) is 0 Å². The van der Waals surface area contributed by atoms with Gasteiger partial charge in [0.05, 0.1) is 17.7 Å². The molecule has 3 unspecified atom stereocenters. The van der Waals surface area contributed by atoms with E-state index < -0.39 is 11.5 Å². The van der Waals surface area contributed by atoms with Gasteiger partial charge in [0.1, 0.15) is 15.4 Å². The van der Waals surface area contributed by atoms with Crippen LogP contribution in [-0.4, -0.2) is 10.1 Å². The molecule has 0 aliphatic heterocycles. The predicted molar refractivity (Wildman–Crippen MR) is 67.8 cm³/mol. The summed E-state index contributed by atoms with van der Waals surface area (Å²) in [6, 6.07) is 2.33. The van der Waals surface area contributed by atoms with Crippen molar-refractivity contribution in [2.45, 2.75) is 38.7 Å². The second kappa shape index (κ2) is 4.93. The minimum Gasteiger partial charge on any atom is -0.384 e. The number of hydrogen-bond acceptors (Lipinski definition) is 4. The van der Waals surface area contributed by atoms with Crippen LogP contribution < -0.4 is 0 Å². The maximum Gasteiger partial charge on any atom is 0.124 e. The fourth-order valence-electron chi connectivity index (χ4n) is 2.63. The normalized spacial score (nSPS) is 30.8. The Balaban J connectivity index is 2.26. The summed E-state index contributed by atoms with van der Waals surface area (Å²) in [5, 5.41) is 20.4. The van der Waals surface area contributed by atoms with Crippen LogP contribution >= 0.6 is 22.9 Å². The molecule has 1 aromatic rings. The van der Waals surface area contributed by atoms with Gasteiger partial charge in [-0.15, -0.1) is 11.3 Å². The van der Waals surface area contributed by atoms with Gasteiger partial charge in [-0.05, 0) is 18.8 Å². The first-order valence-electron chi connectivity index (χ1n) is 5.78. The lowest BCUT2D eigenvalue weighted by molar-refractivity contribution is 0.0218. The molecule has 0 radical (unpaired) electrons. The summed E-state index contributed by atoms with van der Waals surface area (Å²) in [5.74, 6) is 0.480. The molecule has 1 saturated carbocycles. The van der Waals surface area contributed by atoms with Gasteiger partial charge in [0.25, 0.3) is 0 Å². The lowest BCUT2D eigenvalue weighted by atomic mass is 9.68. The molecule has 1 aliphatic rings. The maximum absolute atomic E-state index is 10.4. The maximum atomic E-state index is 10.4. The second-order valence-corrected chi connectivity index (χ2v) is 6.57.